The molecule has 1 saturated heterocycles. The summed E-state index contributed by atoms with van der Waals surface area (Å²) in [5, 5.41) is 9.59. The second-order valence-corrected chi connectivity index (χ2v) is 6.78. The monoisotopic (exact) mass is 347 g/mol. The number of likely N-dealkylation sites (tertiary alicyclic amines) is 1. The van der Waals surface area contributed by atoms with Crippen molar-refractivity contribution in [2.75, 3.05) is 20.3 Å². The number of ether oxygens (including phenoxy) is 2. The van der Waals surface area contributed by atoms with Gasteiger partial charge >= 0.3 is 5.97 Å². The highest BCUT2D eigenvalue weighted by Gasteiger charge is 2.47. The lowest BCUT2D eigenvalue weighted by Crippen LogP contribution is -2.46. The molecular formula is C19H25NO5. The topological polar surface area (TPSA) is 76.1 Å². The van der Waals surface area contributed by atoms with Crippen molar-refractivity contribution in [2.24, 2.45) is 5.92 Å². The number of nitrogens with zero attached hydrogens (tertiary/aromatic N) is 1. The highest BCUT2D eigenvalue weighted by atomic mass is 16.5. The number of carboxylic acid groups (broad SMARTS) is 1. The number of carboxylic acids is 1. The minimum absolute atomic E-state index is 0.0421. The van der Waals surface area contributed by atoms with Crippen LogP contribution in [-0.2, 0) is 9.53 Å². The zero-order valence-corrected chi connectivity index (χ0v) is 14.5. The predicted octanol–water partition coefficient (Wildman–Crippen LogP) is 2.57. The van der Waals surface area contributed by atoms with Gasteiger partial charge in [0, 0.05) is 18.7 Å². The van der Waals surface area contributed by atoms with Gasteiger partial charge in [0.05, 0.1) is 6.61 Å². The van der Waals surface area contributed by atoms with Gasteiger partial charge in [-0.15, -0.1) is 0 Å². The molecule has 0 bridgehead atoms. The van der Waals surface area contributed by atoms with Crippen molar-refractivity contribution in [2.45, 2.75) is 44.2 Å². The number of carbonyl (C=O) groups excluding carboxylic acids is 1. The van der Waals surface area contributed by atoms with Crippen molar-refractivity contribution in [1.82, 2.24) is 4.90 Å². The average molecular weight is 347 g/mol. The molecule has 1 N–H and O–H groups in total. The molecule has 0 unspecified atom stereocenters. The number of hydrogen-bond acceptors (Lipinski definition) is 4. The first-order chi connectivity index (χ1) is 12.1. The van der Waals surface area contributed by atoms with Crippen molar-refractivity contribution in [3.63, 3.8) is 0 Å². The Morgan fingerprint density at radius 3 is 2.80 bits per heavy atom. The Labute approximate surface area is 147 Å². The number of aliphatic carboxylic acids is 1. The SMILES string of the molecule is COCCOc1cccc(C(=O)N2[C@H](C(=O)O)C[C@H]3CCCC[C@@H]32)c1. The molecule has 6 heteroatoms. The molecule has 136 valence electrons. The van der Waals surface area contributed by atoms with Crippen molar-refractivity contribution >= 4 is 11.9 Å². The van der Waals surface area contributed by atoms with E-state index in [2.05, 4.69) is 0 Å². The zero-order chi connectivity index (χ0) is 17.8. The summed E-state index contributed by atoms with van der Waals surface area (Å²) in [6.45, 7) is 0.870. The normalized spacial score (nSPS) is 25.5. The van der Waals surface area contributed by atoms with Crippen molar-refractivity contribution in [3.05, 3.63) is 29.8 Å². The van der Waals surface area contributed by atoms with E-state index in [1.807, 2.05) is 0 Å². The minimum Gasteiger partial charge on any atom is -0.491 e. The molecule has 25 heavy (non-hydrogen) atoms. The smallest absolute Gasteiger partial charge is 0.326 e. The van der Waals surface area contributed by atoms with Gasteiger partial charge in [-0.05, 0) is 43.4 Å². The molecule has 3 rings (SSSR count). The first kappa shape index (κ1) is 17.7. The van der Waals surface area contributed by atoms with Crippen LogP contribution in [0, 0.1) is 5.92 Å². The van der Waals surface area contributed by atoms with Crippen LogP contribution in [0.4, 0.5) is 0 Å². The second-order valence-electron chi connectivity index (χ2n) is 6.78. The van der Waals surface area contributed by atoms with Crippen LogP contribution in [0.2, 0.25) is 0 Å². The first-order valence-corrected chi connectivity index (χ1v) is 8.89. The van der Waals surface area contributed by atoms with Gasteiger partial charge in [0.1, 0.15) is 18.4 Å². The average Bonchev–Trinajstić information content (AvgIpc) is 3.01. The summed E-state index contributed by atoms with van der Waals surface area (Å²) in [7, 11) is 1.60. The lowest BCUT2D eigenvalue weighted by molar-refractivity contribution is -0.141. The third-order valence-electron chi connectivity index (χ3n) is 5.24. The van der Waals surface area contributed by atoms with E-state index in [0.717, 1.165) is 25.7 Å². The van der Waals surface area contributed by atoms with Crippen LogP contribution in [0.15, 0.2) is 24.3 Å². The number of amides is 1. The van der Waals surface area contributed by atoms with Gasteiger partial charge in [0.2, 0.25) is 0 Å². The highest BCUT2D eigenvalue weighted by Crippen LogP contribution is 2.40. The molecule has 1 saturated carbocycles. The quantitative estimate of drug-likeness (QED) is 0.801. The molecule has 6 nitrogen and oxygen atoms in total. The Kier molecular flexibility index (Phi) is 5.58. The molecule has 2 fully saturated rings. The molecule has 0 spiro atoms. The van der Waals surface area contributed by atoms with Crippen LogP contribution in [-0.4, -0.2) is 54.3 Å². The van der Waals surface area contributed by atoms with Crippen LogP contribution in [0.3, 0.4) is 0 Å². The Morgan fingerprint density at radius 2 is 2.04 bits per heavy atom. The zero-order valence-electron chi connectivity index (χ0n) is 14.5. The Bertz CT molecular complexity index is 632. The predicted molar refractivity (Wildman–Crippen MR) is 91.8 cm³/mol. The van der Waals surface area contributed by atoms with E-state index in [4.69, 9.17) is 9.47 Å². The maximum Gasteiger partial charge on any atom is 0.326 e. The summed E-state index contributed by atoms with van der Waals surface area (Å²) >= 11 is 0. The highest BCUT2D eigenvalue weighted by molar-refractivity contribution is 5.97. The number of benzene rings is 1. The number of hydrogen-bond donors (Lipinski definition) is 1. The molecule has 1 aromatic rings. The largest absolute Gasteiger partial charge is 0.491 e. The van der Waals surface area contributed by atoms with E-state index < -0.39 is 12.0 Å². The second kappa shape index (κ2) is 7.87. The molecule has 1 aliphatic heterocycles. The van der Waals surface area contributed by atoms with E-state index in [1.54, 1.807) is 36.3 Å². The van der Waals surface area contributed by atoms with Gasteiger partial charge in [0.25, 0.3) is 5.91 Å². The van der Waals surface area contributed by atoms with Crippen molar-refractivity contribution < 1.29 is 24.2 Å². The lowest BCUT2D eigenvalue weighted by Gasteiger charge is -2.33. The number of fused-ring (bicyclic) bond motifs is 1. The molecule has 1 aromatic carbocycles. The summed E-state index contributed by atoms with van der Waals surface area (Å²) in [6.07, 6.45) is 4.65. The number of methoxy groups -OCH3 is 1. The van der Waals surface area contributed by atoms with Gasteiger partial charge in [-0.2, -0.15) is 0 Å². The fourth-order valence-electron chi connectivity index (χ4n) is 4.08. The fourth-order valence-corrected chi connectivity index (χ4v) is 4.08. The van der Waals surface area contributed by atoms with Crippen LogP contribution >= 0.6 is 0 Å². The third kappa shape index (κ3) is 3.79. The first-order valence-electron chi connectivity index (χ1n) is 8.89. The summed E-state index contributed by atoms with van der Waals surface area (Å²) < 4.78 is 10.5. The van der Waals surface area contributed by atoms with E-state index in [0.29, 0.717) is 36.9 Å². The van der Waals surface area contributed by atoms with Gasteiger partial charge < -0.3 is 19.5 Å². The van der Waals surface area contributed by atoms with Crippen LogP contribution < -0.4 is 4.74 Å². The third-order valence-corrected chi connectivity index (χ3v) is 5.24. The molecule has 0 radical (unpaired) electrons. The summed E-state index contributed by atoms with van der Waals surface area (Å²) in [4.78, 5) is 26.4. The lowest BCUT2D eigenvalue weighted by atomic mass is 9.84. The number of carbonyl (C=O) groups is 2. The maximum absolute atomic E-state index is 13.1. The van der Waals surface area contributed by atoms with Gasteiger partial charge in [-0.3, -0.25) is 4.79 Å². The molecular weight excluding hydrogens is 322 g/mol. The van der Waals surface area contributed by atoms with E-state index in [-0.39, 0.29) is 11.9 Å². The van der Waals surface area contributed by atoms with Crippen molar-refractivity contribution in [1.29, 1.82) is 0 Å². The molecule has 0 aromatic heterocycles. The molecule has 3 atom stereocenters. The molecule has 1 heterocycles. The summed E-state index contributed by atoms with van der Waals surface area (Å²) in [5.74, 6) is -0.219. The summed E-state index contributed by atoms with van der Waals surface area (Å²) in [5.41, 5.74) is 0.479. The Morgan fingerprint density at radius 1 is 1.24 bits per heavy atom. The molecule has 1 aliphatic carbocycles. The van der Waals surface area contributed by atoms with Gasteiger partial charge in [0.15, 0.2) is 0 Å². The van der Waals surface area contributed by atoms with E-state index >= 15 is 0 Å². The fraction of sp³-hybridized carbons (Fsp3) is 0.579. The van der Waals surface area contributed by atoms with E-state index in [1.165, 1.54) is 0 Å². The maximum atomic E-state index is 13.1. The van der Waals surface area contributed by atoms with Crippen LogP contribution in [0.25, 0.3) is 0 Å². The molecule has 2 aliphatic rings. The standard InChI is InChI=1S/C19H25NO5/c1-24-9-10-25-15-7-4-6-14(11-15)18(21)20-16-8-3-2-5-13(16)12-17(20)19(22)23/h4,6-7,11,13,16-17H,2-3,5,8-10,12H2,1H3,(H,22,23)/t13-,16+,17+/m1/s1. The number of rotatable bonds is 6. The Balaban J connectivity index is 1.80. The Hall–Kier alpha value is -2.08. The van der Waals surface area contributed by atoms with Crippen LogP contribution in [0.1, 0.15) is 42.5 Å². The van der Waals surface area contributed by atoms with Crippen LogP contribution in [0.5, 0.6) is 5.75 Å². The molecule has 1 amide bonds. The van der Waals surface area contributed by atoms with Crippen molar-refractivity contribution in [3.8, 4) is 5.75 Å². The van der Waals surface area contributed by atoms with Gasteiger partial charge in [-0.1, -0.05) is 18.9 Å². The van der Waals surface area contributed by atoms with Gasteiger partial charge in [-0.25, -0.2) is 4.79 Å². The summed E-state index contributed by atoms with van der Waals surface area (Å²) in [6, 6.07) is 6.28. The minimum atomic E-state index is -0.907. The van der Waals surface area contributed by atoms with E-state index in [9.17, 15) is 14.7 Å².